The number of nitrogens with one attached hydrogen (secondary N) is 2. The lowest BCUT2D eigenvalue weighted by molar-refractivity contribution is -0.117. The number of amides is 2. The van der Waals surface area contributed by atoms with Crippen LogP contribution < -0.4 is 10.6 Å². The van der Waals surface area contributed by atoms with Crippen LogP contribution in [0.4, 0.5) is 0 Å². The summed E-state index contributed by atoms with van der Waals surface area (Å²) >= 11 is 0. The molecule has 2 amide bonds. The van der Waals surface area contributed by atoms with E-state index < -0.39 is 0 Å². The fourth-order valence-electron chi connectivity index (χ4n) is 4.22. The van der Waals surface area contributed by atoms with Gasteiger partial charge in [-0.15, -0.1) is 0 Å². The molecule has 0 saturated heterocycles. The summed E-state index contributed by atoms with van der Waals surface area (Å²) < 4.78 is 3.73. The van der Waals surface area contributed by atoms with Crippen molar-refractivity contribution in [1.29, 1.82) is 0 Å². The highest BCUT2D eigenvalue weighted by molar-refractivity contribution is 6.05. The van der Waals surface area contributed by atoms with Crippen molar-refractivity contribution in [3.8, 4) is 16.9 Å². The molecule has 0 aliphatic rings. The lowest BCUT2D eigenvalue weighted by atomic mass is 10.1. The van der Waals surface area contributed by atoms with Crippen LogP contribution in [0, 0.1) is 6.92 Å². The molecule has 3 aromatic carbocycles. The molecule has 0 fully saturated rings. The van der Waals surface area contributed by atoms with Crippen molar-refractivity contribution in [3.05, 3.63) is 132 Å². The molecule has 0 saturated carbocycles. The van der Waals surface area contributed by atoms with Gasteiger partial charge < -0.3 is 15.2 Å². The average molecular weight is 531 g/mol. The third-order valence-corrected chi connectivity index (χ3v) is 6.35. The first kappa shape index (κ1) is 26.4. The van der Waals surface area contributed by atoms with Crippen LogP contribution in [-0.2, 0) is 11.3 Å². The van der Waals surface area contributed by atoms with Crippen molar-refractivity contribution >= 4 is 17.9 Å². The molecule has 2 N–H and O–H groups in total. The Morgan fingerprint density at radius 3 is 2.35 bits per heavy atom. The minimum absolute atomic E-state index is 0.137. The Hall–Kier alpha value is -5.24. The first-order valence-corrected chi connectivity index (χ1v) is 13.1. The highest BCUT2D eigenvalue weighted by atomic mass is 16.2. The minimum Gasteiger partial charge on any atom is -0.351 e. The Labute approximate surface area is 233 Å². The topological polar surface area (TPSA) is 93.8 Å². The number of carbonyl (C=O) groups is 2. The van der Waals surface area contributed by atoms with Crippen LogP contribution in [0.25, 0.3) is 23.0 Å². The predicted molar refractivity (Wildman–Crippen MR) is 155 cm³/mol. The van der Waals surface area contributed by atoms with Crippen LogP contribution in [-0.4, -0.2) is 37.7 Å². The zero-order valence-electron chi connectivity index (χ0n) is 22.2. The van der Waals surface area contributed by atoms with Gasteiger partial charge in [0.25, 0.3) is 11.8 Å². The van der Waals surface area contributed by atoms with Gasteiger partial charge in [0, 0.05) is 48.4 Å². The number of rotatable bonds is 10. The second-order valence-electron chi connectivity index (χ2n) is 9.37. The van der Waals surface area contributed by atoms with Crippen LogP contribution >= 0.6 is 0 Å². The van der Waals surface area contributed by atoms with E-state index in [1.807, 2.05) is 84.5 Å². The quantitative estimate of drug-likeness (QED) is 0.196. The Kier molecular flexibility index (Phi) is 8.26. The van der Waals surface area contributed by atoms with Gasteiger partial charge >= 0.3 is 0 Å². The highest BCUT2D eigenvalue weighted by Gasteiger charge is 2.18. The molecular formula is C32H30N6O2. The molecular weight excluding hydrogens is 500 g/mol. The summed E-state index contributed by atoms with van der Waals surface area (Å²) in [7, 11) is 0. The summed E-state index contributed by atoms with van der Waals surface area (Å²) in [6, 6.07) is 26.6. The van der Waals surface area contributed by atoms with Gasteiger partial charge in [0.05, 0.1) is 12.0 Å². The van der Waals surface area contributed by atoms with Gasteiger partial charge in [-0.25, -0.2) is 9.67 Å². The SMILES string of the molecule is Cc1ccc(-c2nn(-c3ccccc3)cc2C=C(NC(=O)c2ccccc2)C(=O)NCCCn2ccnc2)cc1. The standard InChI is InChI=1S/C32H30N6O2/c1-24-13-15-25(16-14-24)30-27(22-38(36-30)28-11-6-3-7-12-28)21-29(35-31(39)26-9-4-2-5-10-26)32(40)34-17-8-19-37-20-18-33-23-37/h2-7,9-16,18,20-23H,8,17,19H2,1H3,(H,34,40)(H,35,39). The van der Waals surface area contributed by atoms with Crippen LogP contribution in [0.15, 0.2) is 116 Å². The molecule has 0 atom stereocenters. The number of hydrogen-bond donors (Lipinski definition) is 2. The van der Waals surface area contributed by atoms with Crippen molar-refractivity contribution in [3.63, 3.8) is 0 Å². The molecule has 0 radical (unpaired) electrons. The molecule has 0 spiro atoms. The van der Waals surface area contributed by atoms with Gasteiger partial charge in [0.15, 0.2) is 0 Å². The lowest BCUT2D eigenvalue weighted by Gasteiger charge is -2.11. The summed E-state index contributed by atoms with van der Waals surface area (Å²) in [5.41, 5.74) is 4.91. The van der Waals surface area contributed by atoms with E-state index in [1.165, 1.54) is 0 Å². The van der Waals surface area contributed by atoms with E-state index in [9.17, 15) is 9.59 Å². The zero-order valence-corrected chi connectivity index (χ0v) is 22.2. The maximum Gasteiger partial charge on any atom is 0.267 e. The average Bonchev–Trinajstić information content (AvgIpc) is 3.67. The molecule has 2 heterocycles. The lowest BCUT2D eigenvalue weighted by Crippen LogP contribution is -2.35. The van der Waals surface area contributed by atoms with Gasteiger partial charge in [-0.05, 0) is 43.7 Å². The van der Waals surface area contributed by atoms with Gasteiger partial charge in [0.1, 0.15) is 11.4 Å². The summed E-state index contributed by atoms with van der Waals surface area (Å²) in [6.07, 6.45) is 9.61. The molecule has 5 aromatic rings. The van der Waals surface area contributed by atoms with Gasteiger partial charge in [-0.1, -0.05) is 66.2 Å². The normalized spacial score (nSPS) is 11.3. The van der Waals surface area contributed by atoms with E-state index in [1.54, 1.807) is 47.5 Å². The Morgan fingerprint density at radius 2 is 1.65 bits per heavy atom. The monoisotopic (exact) mass is 530 g/mol. The number of aryl methyl sites for hydroxylation is 2. The second-order valence-corrected chi connectivity index (χ2v) is 9.37. The Bertz CT molecular complexity index is 1590. The maximum absolute atomic E-state index is 13.4. The molecule has 0 aliphatic carbocycles. The fraction of sp³-hybridized carbons (Fsp3) is 0.125. The molecule has 5 rings (SSSR count). The molecule has 0 aliphatic heterocycles. The number of para-hydroxylation sites is 1. The van der Waals surface area contributed by atoms with Gasteiger partial charge in [0.2, 0.25) is 0 Å². The second kappa shape index (κ2) is 12.5. The summed E-state index contributed by atoms with van der Waals surface area (Å²) in [5.74, 6) is -0.745. The molecule has 200 valence electrons. The molecule has 0 unspecified atom stereocenters. The number of hydrogen-bond acceptors (Lipinski definition) is 4. The minimum atomic E-state index is -0.378. The van der Waals surface area contributed by atoms with Crippen molar-refractivity contribution < 1.29 is 9.59 Å². The van der Waals surface area contributed by atoms with Crippen molar-refractivity contribution in [2.45, 2.75) is 19.9 Å². The highest BCUT2D eigenvalue weighted by Crippen LogP contribution is 2.26. The molecule has 8 heteroatoms. The number of nitrogens with zero attached hydrogens (tertiary/aromatic N) is 4. The van der Waals surface area contributed by atoms with Crippen LogP contribution in [0.2, 0.25) is 0 Å². The van der Waals surface area contributed by atoms with E-state index >= 15 is 0 Å². The van der Waals surface area contributed by atoms with Crippen LogP contribution in [0.1, 0.15) is 27.9 Å². The Balaban J connectivity index is 1.48. The van der Waals surface area contributed by atoms with E-state index in [4.69, 9.17) is 5.10 Å². The van der Waals surface area contributed by atoms with E-state index in [-0.39, 0.29) is 17.5 Å². The van der Waals surface area contributed by atoms with Crippen molar-refractivity contribution in [1.82, 2.24) is 30.0 Å². The smallest absolute Gasteiger partial charge is 0.267 e. The fourth-order valence-corrected chi connectivity index (χ4v) is 4.22. The number of aromatic nitrogens is 4. The first-order chi connectivity index (χ1) is 19.6. The third-order valence-electron chi connectivity index (χ3n) is 6.35. The number of benzene rings is 3. The number of carbonyl (C=O) groups excluding carboxylic acids is 2. The largest absolute Gasteiger partial charge is 0.351 e. The van der Waals surface area contributed by atoms with Crippen LogP contribution in [0.3, 0.4) is 0 Å². The molecule has 8 nitrogen and oxygen atoms in total. The molecule has 2 aromatic heterocycles. The van der Waals surface area contributed by atoms with Crippen LogP contribution in [0.5, 0.6) is 0 Å². The summed E-state index contributed by atoms with van der Waals surface area (Å²) in [4.78, 5) is 30.5. The molecule has 40 heavy (non-hydrogen) atoms. The van der Waals surface area contributed by atoms with Crippen molar-refractivity contribution in [2.24, 2.45) is 0 Å². The third kappa shape index (κ3) is 6.60. The van der Waals surface area contributed by atoms with E-state index in [0.29, 0.717) is 29.8 Å². The zero-order chi connectivity index (χ0) is 27.7. The summed E-state index contributed by atoms with van der Waals surface area (Å²) in [6.45, 7) is 3.18. The first-order valence-electron chi connectivity index (χ1n) is 13.1. The number of imidazole rings is 1. The molecule has 0 bridgehead atoms. The van der Waals surface area contributed by atoms with Crippen molar-refractivity contribution in [2.75, 3.05) is 6.54 Å². The van der Waals surface area contributed by atoms with E-state index in [2.05, 4.69) is 15.6 Å². The predicted octanol–water partition coefficient (Wildman–Crippen LogP) is 5.02. The van der Waals surface area contributed by atoms with Gasteiger partial charge in [-0.3, -0.25) is 9.59 Å². The Morgan fingerprint density at radius 1 is 0.925 bits per heavy atom. The van der Waals surface area contributed by atoms with E-state index in [0.717, 1.165) is 23.4 Å². The van der Waals surface area contributed by atoms with Gasteiger partial charge in [-0.2, -0.15) is 5.10 Å². The maximum atomic E-state index is 13.4. The summed E-state index contributed by atoms with van der Waals surface area (Å²) in [5, 5.41) is 10.6.